The second kappa shape index (κ2) is 6.49. The summed E-state index contributed by atoms with van der Waals surface area (Å²) < 4.78 is 13.4. The van der Waals surface area contributed by atoms with Crippen molar-refractivity contribution in [3.05, 3.63) is 35.1 Å². The summed E-state index contributed by atoms with van der Waals surface area (Å²) in [5.74, 6) is -0.250. The van der Waals surface area contributed by atoms with Crippen LogP contribution in [0.1, 0.15) is 44.4 Å². The maximum absolute atomic E-state index is 13.4. The summed E-state index contributed by atoms with van der Waals surface area (Å²) in [6.07, 6.45) is 0.0206. The molecule has 1 aromatic rings. The van der Waals surface area contributed by atoms with Crippen LogP contribution in [0.3, 0.4) is 0 Å². The number of hydrogen-bond donors (Lipinski definition) is 1. The number of hydrogen-bond acceptors (Lipinski definition) is 2. The third-order valence-corrected chi connectivity index (χ3v) is 3.11. The molecule has 0 aromatic heterocycles. The average Bonchev–Trinajstić information content (AvgIpc) is 2.27. The topological polar surface area (TPSA) is 23.5 Å². The first-order valence-corrected chi connectivity index (χ1v) is 6.82. The molecule has 0 radical (unpaired) electrons. The van der Waals surface area contributed by atoms with Gasteiger partial charge in [0.05, 0.1) is 6.10 Å². The Balaban J connectivity index is 2.51. The van der Waals surface area contributed by atoms with E-state index >= 15 is 0 Å². The van der Waals surface area contributed by atoms with E-state index in [0.717, 1.165) is 13.1 Å². The molecule has 0 heterocycles. The highest BCUT2D eigenvalue weighted by atomic mass is 19.1. The van der Waals surface area contributed by atoms with Gasteiger partial charge in [-0.2, -0.15) is 0 Å². The molecule has 0 saturated heterocycles. The summed E-state index contributed by atoms with van der Waals surface area (Å²) in [7, 11) is 2.05. The van der Waals surface area contributed by atoms with Gasteiger partial charge in [0.25, 0.3) is 0 Å². The molecule has 1 aromatic carbocycles. The van der Waals surface area contributed by atoms with Crippen LogP contribution in [0, 0.1) is 18.2 Å². The fourth-order valence-corrected chi connectivity index (χ4v) is 2.21. The van der Waals surface area contributed by atoms with Crippen LogP contribution in [-0.2, 0) is 0 Å². The Morgan fingerprint density at radius 3 is 2.47 bits per heavy atom. The summed E-state index contributed by atoms with van der Waals surface area (Å²) in [6.45, 7) is 10.1. The summed E-state index contributed by atoms with van der Waals surface area (Å²) in [6, 6.07) is 4.95. The van der Waals surface area contributed by atoms with Gasteiger partial charge in [0.2, 0.25) is 0 Å². The number of halogens is 1. The van der Waals surface area contributed by atoms with Crippen LogP contribution >= 0.6 is 0 Å². The van der Waals surface area contributed by atoms with Crippen LogP contribution in [0.25, 0.3) is 0 Å². The average molecular weight is 267 g/mol. The van der Waals surface area contributed by atoms with Gasteiger partial charge in [-0.3, -0.25) is 0 Å². The van der Waals surface area contributed by atoms with Crippen molar-refractivity contribution in [1.82, 2.24) is 4.90 Å². The molecule has 0 spiro atoms. The fourth-order valence-electron chi connectivity index (χ4n) is 2.21. The van der Waals surface area contributed by atoms with Gasteiger partial charge < -0.3 is 10.0 Å². The molecule has 0 aliphatic heterocycles. The van der Waals surface area contributed by atoms with Crippen LogP contribution < -0.4 is 0 Å². The molecular weight excluding hydrogens is 241 g/mol. The van der Waals surface area contributed by atoms with Gasteiger partial charge in [0.1, 0.15) is 5.82 Å². The maximum Gasteiger partial charge on any atom is 0.126 e. The molecule has 0 bridgehead atoms. The smallest absolute Gasteiger partial charge is 0.126 e. The summed E-state index contributed by atoms with van der Waals surface area (Å²) in [5.41, 5.74) is 1.52. The van der Waals surface area contributed by atoms with Crippen LogP contribution in [-0.4, -0.2) is 30.1 Å². The second-order valence-electron chi connectivity index (χ2n) is 6.61. The Labute approximate surface area is 116 Å². The maximum atomic E-state index is 13.4. The Hall–Kier alpha value is -0.930. The third-order valence-electron chi connectivity index (χ3n) is 3.11. The Bertz CT molecular complexity index is 412. The zero-order chi connectivity index (χ0) is 14.6. The van der Waals surface area contributed by atoms with E-state index in [4.69, 9.17) is 0 Å². The van der Waals surface area contributed by atoms with E-state index in [0.29, 0.717) is 17.5 Å². The van der Waals surface area contributed by atoms with Gasteiger partial charge in [-0.1, -0.05) is 32.9 Å². The predicted molar refractivity (Wildman–Crippen MR) is 77.7 cm³/mol. The number of aliphatic hydroxyl groups excluding tert-OH is 1. The van der Waals surface area contributed by atoms with Crippen LogP contribution in [0.5, 0.6) is 0 Å². The molecule has 0 aliphatic rings. The zero-order valence-electron chi connectivity index (χ0n) is 12.7. The van der Waals surface area contributed by atoms with Gasteiger partial charge in [0.15, 0.2) is 0 Å². The van der Waals surface area contributed by atoms with E-state index in [9.17, 15) is 9.50 Å². The fraction of sp³-hybridized carbons (Fsp3) is 0.625. The summed E-state index contributed by atoms with van der Waals surface area (Å²) in [4.78, 5) is 2.20. The molecule has 0 amide bonds. The van der Waals surface area contributed by atoms with Crippen LogP contribution in [0.4, 0.5) is 4.39 Å². The molecule has 1 atom stereocenters. The lowest BCUT2D eigenvalue weighted by Gasteiger charge is -2.27. The van der Waals surface area contributed by atoms with Crippen molar-refractivity contribution in [1.29, 1.82) is 0 Å². The number of nitrogens with zero attached hydrogens (tertiary/aromatic N) is 1. The number of aryl methyl sites for hydroxylation is 1. The normalized spacial score (nSPS) is 13.9. The van der Waals surface area contributed by atoms with Gasteiger partial charge in [0, 0.05) is 13.1 Å². The minimum atomic E-state index is -0.600. The highest BCUT2D eigenvalue weighted by molar-refractivity contribution is 5.24. The number of rotatable bonds is 5. The third kappa shape index (κ3) is 5.70. The molecule has 0 aliphatic carbocycles. The largest absolute Gasteiger partial charge is 0.388 e. The molecule has 0 fully saturated rings. The molecule has 1 N–H and O–H groups in total. The van der Waals surface area contributed by atoms with Crippen molar-refractivity contribution in [2.45, 2.75) is 40.2 Å². The first-order valence-electron chi connectivity index (χ1n) is 6.82. The van der Waals surface area contributed by atoms with Crippen molar-refractivity contribution in [3.63, 3.8) is 0 Å². The molecule has 1 unspecified atom stereocenters. The molecule has 3 heteroatoms. The monoisotopic (exact) mass is 267 g/mol. The van der Waals surface area contributed by atoms with Crippen LogP contribution in [0.2, 0.25) is 0 Å². The lowest BCUT2D eigenvalue weighted by Crippen LogP contribution is -2.30. The van der Waals surface area contributed by atoms with E-state index in [-0.39, 0.29) is 11.2 Å². The zero-order valence-corrected chi connectivity index (χ0v) is 12.7. The Morgan fingerprint density at radius 1 is 1.32 bits per heavy atom. The molecular formula is C16H26FNO. The molecule has 108 valence electrons. The molecule has 19 heavy (non-hydrogen) atoms. The summed E-state index contributed by atoms with van der Waals surface area (Å²) in [5, 5.41) is 10.1. The molecule has 2 nitrogen and oxygen atoms in total. The molecule has 0 saturated carbocycles. The van der Waals surface area contributed by atoms with Gasteiger partial charge in [-0.25, -0.2) is 4.39 Å². The first kappa shape index (κ1) is 16.1. The van der Waals surface area contributed by atoms with Gasteiger partial charge in [-0.05, 0) is 43.0 Å². The number of aliphatic hydroxyl groups is 1. The summed E-state index contributed by atoms with van der Waals surface area (Å²) >= 11 is 0. The lowest BCUT2D eigenvalue weighted by atomic mass is 9.96. The van der Waals surface area contributed by atoms with E-state index in [2.05, 4.69) is 25.7 Å². The van der Waals surface area contributed by atoms with E-state index in [1.807, 2.05) is 7.05 Å². The van der Waals surface area contributed by atoms with Gasteiger partial charge in [-0.15, -0.1) is 0 Å². The van der Waals surface area contributed by atoms with Crippen molar-refractivity contribution >= 4 is 0 Å². The Kier molecular flexibility index (Phi) is 5.50. The lowest BCUT2D eigenvalue weighted by molar-refractivity contribution is 0.137. The second-order valence-corrected chi connectivity index (χ2v) is 6.61. The highest BCUT2D eigenvalue weighted by Gasteiger charge is 2.15. The quantitative estimate of drug-likeness (QED) is 0.882. The predicted octanol–water partition coefficient (Wildman–Crippen LogP) is 3.54. The molecule has 1 rings (SSSR count). The van der Waals surface area contributed by atoms with E-state index < -0.39 is 6.10 Å². The van der Waals surface area contributed by atoms with E-state index in [1.165, 1.54) is 6.07 Å². The first-order chi connectivity index (χ1) is 8.69. The highest BCUT2D eigenvalue weighted by Crippen LogP contribution is 2.20. The SMILES string of the molecule is Cc1ccc(C(O)CCN(C)CC(C)(C)C)cc1F. The van der Waals surface area contributed by atoms with Crippen molar-refractivity contribution in [2.75, 3.05) is 20.1 Å². The van der Waals surface area contributed by atoms with E-state index in [1.54, 1.807) is 19.1 Å². The van der Waals surface area contributed by atoms with Crippen molar-refractivity contribution in [3.8, 4) is 0 Å². The van der Waals surface area contributed by atoms with Crippen molar-refractivity contribution in [2.24, 2.45) is 5.41 Å². The van der Waals surface area contributed by atoms with Crippen molar-refractivity contribution < 1.29 is 9.50 Å². The Morgan fingerprint density at radius 2 is 1.95 bits per heavy atom. The minimum Gasteiger partial charge on any atom is -0.388 e. The van der Waals surface area contributed by atoms with Crippen LogP contribution in [0.15, 0.2) is 18.2 Å². The van der Waals surface area contributed by atoms with Gasteiger partial charge >= 0.3 is 0 Å². The minimum absolute atomic E-state index is 0.246. The standard InChI is InChI=1S/C16H26FNO/c1-12-6-7-13(10-14(12)17)15(19)8-9-18(5)11-16(2,3)4/h6-7,10,15,19H,8-9,11H2,1-5H3. The number of benzene rings is 1.